The van der Waals surface area contributed by atoms with Crippen molar-refractivity contribution < 1.29 is 24.5 Å². The summed E-state index contributed by atoms with van der Waals surface area (Å²) in [5, 5.41) is 23.8. The lowest BCUT2D eigenvalue weighted by atomic mass is 10.0. The van der Waals surface area contributed by atoms with Gasteiger partial charge in [0, 0.05) is 6.42 Å². The van der Waals surface area contributed by atoms with Crippen molar-refractivity contribution in [2.45, 2.75) is 264 Å². The summed E-state index contributed by atoms with van der Waals surface area (Å²) in [5.74, 6) is -0.610. The molecule has 0 bridgehead atoms. The number of unbranched alkanes of at least 4 members (excludes halogenated alkanes) is 22. The Morgan fingerprint density at radius 2 is 0.887 bits per heavy atom. The van der Waals surface area contributed by atoms with Gasteiger partial charge in [0.15, 0.2) is 0 Å². The van der Waals surface area contributed by atoms with E-state index in [1.165, 1.54) is 122 Å². The maximum Gasteiger partial charge on any atom is 0.306 e. The van der Waals surface area contributed by atoms with E-state index in [1.807, 2.05) is 6.08 Å². The topological polar surface area (TPSA) is 95.9 Å². The Morgan fingerprint density at radius 1 is 0.484 bits per heavy atom. The molecule has 0 heterocycles. The van der Waals surface area contributed by atoms with Crippen molar-refractivity contribution >= 4 is 11.9 Å². The molecule has 0 saturated carbocycles. The van der Waals surface area contributed by atoms with Crippen LogP contribution in [0.4, 0.5) is 0 Å². The van der Waals surface area contributed by atoms with Crippen molar-refractivity contribution in [1.29, 1.82) is 0 Å². The number of esters is 1. The Morgan fingerprint density at radius 3 is 1.35 bits per heavy atom. The number of rotatable bonds is 46. The third-order valence-corrected chi connectivity index (χ3v) is 11.5. The Kier molecular flexibility index (Phi) is 47.2. The van der Waals surface area contributed by atoms with Crippen molar-refractivity contribution in [3.63, 3.8) is 0 Å². The van der Waals surface area contributed by atoms with Gasteiger partial charge in [0.2, 0.25) is 5.91 Å². The molecule has 0 aliphatic carbocycles. The summed E-state index contributed by atoms with van der Waals surface area (Å²) in [6, 6.07) is -0.732. The van der Waals surface area contributed by atoms with Crippen molar-refractivity contribution in [3.8, 4) is 0 Å². The number of carbonyl (C=O) groups excluding carboxylic acids is 2. The van der Waals surface area contributed by atoms with Gasteiger partial charge in [0.1, 0.15) is 6.10 Å². The highest BCUT2D eigenvalue weighted by Gasteiger charge is 2.23. The number of hydrogen-bond donors (Lipinski definition) is 3. The highest BCUT2D eigenvalue weighted by Crippen LogP contribution is 2.17. The van der Waals surface area contributed by atoms with Crippen LogP contribution in [0.15, 0.2) is 72.9 Å². The lowest BCUT2D eigenvalue weighted by Crippen LogP contribution is -2.46. The highest BCUT2D eigenvalue weighted by molar-refractivity contribution is 5.77. The summed E-state index contributed by atoms with van der Waals surface area (Å²) in [4.78, 5) is 26.1. The van der Waals surface area contributed by atoms with Gasteiger partial charge in [-0.3, -0.25) is 9.59 Å². The molecule has 1 amide bonds. The summed E-state index contributed by atoms with van der Waals surface area (Å²) in [6.45, 7) is 6.34. The molecule has 0 aromatic carbocycles. The third-order valence-electron chi connectivity index (χ3n) is 11.5. The fourth-order valence-electron chi connectivity index (χ4n) is 7.60. The second-order valence-electron chi connectivity index (χ2n) is 17.5. The molecule has 0 rings (SSSR count). The van der Waals surface area contributed by atoms with Crippen LogP contribution < -0.4 is 5.32 Å². The van der Waals surface area contributed by atoms with Crippen LogP contribution in [0.25, 0.3) is 0 Å². The molecule has 0 fully saturated rings. The fraction of sp³-hybridized carbons (Fsp3) is 0.750. The first-order chi connectivity index (χ1) is 30.5. The zero-order valence-electron chi connectivity index (χ0n) is 40.7. The minimum atomic E-state index is -0.813. The van der Waals surface area contributed by atoms with Crippen LogP contribution in [0.1, 0.15) is 245 Å². The lowest BCUT2D eigenvalue weighted by Gasteiger charge is -2.24. The van der Waals surface area contributed by atoms with E-state index in [-0.39, 0.29) is 31.3 Å². The van der Waals surface area contributed by atoms with Gasteiger partial charge < -0.3 is 20.3 Å². The molecule has 0 aliphatic heterocycles. The van der Waals surface area contributed by atoms with Crippen LogP contribution in [0, 0.1) is 0 Å². The molecule has 3 atom stereocenters. The van der Waals surface area contributed by atoms with E-state index >= 15 is 0 Å². The van der Waals surface area contributed by atoms with Gasteiger partial charge in [-0.05, 0) is 77.0 Å². The molecule has 0 saturated heterocycles. The Balaban J connectivity index is 4.68. The number of hydrogen-bond acceptors (Lipinski definition) is 5. The third kappa shape index (κ3) is 43.9. The molecule has 6 heteroatoms. The second kappa shape index (κ2) is 49.3. The van der Waals surface area contributed by atoms with Gasteiger partial charge in [-0.2, -0.15) is 0 Å². The van der Waals surface area contributed by atoms with Crippen LogP contribution in [0.3, 0.4) is 0 Å². The van der Waals surface area contributed by atoms with Gasteiger partial charge in [-0.1, -0.05) is 229 Å². The molecule has 0 aromatic rings. The molecular weight excluding hydrogens is 767 g/mol. The van der Waals surface area contributed by atoms with Gasteiger partial charge in [0.25, 0.3) is 0 Å². The number of allylic oxidation sites excluding steroid dienone is 12. The van der Waals surface area contributed by atoms with Gasteiger partial charge in [-0.15, -0.1) is 0 Å². The summed E-state index contributed by atoms with van der Waals surface area (Å²) >= 11 is 0. The lowest BCUT2D eigenvalue weighted by molar-refractivity contribution is -0.150. The van der Waals surface area contributed by atoms with E-state index in [0.29, 0.717) is 19.3 Å². The molecule has 0 radical (unpaired) electrons. The maximum atomic E-state index is 13.2. The zero-order valence-corrected chi connectivity index (χ0v) is 40.7. The highest BCUT2D eigenvalue weighted by atomic mass is 16.5. The minimum Gasteiger partial charge on any atom is -0.462 e. The average Bonchev–Trinajstić information content (AvgIpc) is 3.26. The van der Waals surface area contributed by atoms with E-state index in [4.69, 9.17) is 4.74 Å². The smallest absolute Gasteiger partial charge is 0.306 e. The summed E-state index contributed by atoms with van der Waals surface area (Å²) < 4.78 is 5.86. The van der Waals surface area contributed by atoms with Crippen molar-refractivity contribution in [1.82, 2.24) is 5.32 Å². The molecule has 358 valence electrons. The second-order valence-corrected chi connectivity index (χ2v) is 17.5. The first kappa shape index (κ1) is 59.3. The number of carbonyl (C=O) groups is 2. The fourth-order valence-corrected chi connectivity index (χ4v) is 7.60. The summed E-state index contributed by atoms with van der Waals surface area (Å²) in [5.41, 5.74) is 0. The predicted molar refractivity (Wildman–Crippen MR) is 268 cm³/mol. The van der Waals surface area contributed by atoms with E-state index in [2.05, 4.69) is 92.9 Å². The quantitative estimate of drug-likeness (QED) is 0.0322. The molecule has 6 nitrogen and oxygen atoms in total. The first-order valence-corrected chi connectivity index (χ1v) is 26.2. The number of aliphatic hydroxyl groups is 2. The van der Waals surface area contributed by atoms with Crippen LogP contribution in [0.2, 0.25) is 0 Å². The van der Waals surface area contributed by atoms with Crippen molar-refractivity contribution in [2.75, 3.05) is 6.61 Å². The summed E-state index contributed by atoms with van der Waals surface area (Å²) in [7, 11) is 0. The Hall–Kier alpha value is -2.70. The molecule has 0 spiro atoms. The van der Waals surface area contributed by atoms with Gasteiger partial charge in [-0.25, -0.2) is 0 Å². The van der Waals surface area contributed by atoms with E-state index in [1.54, 1.807) is 0 Å². The molecule has 62 heavy (non-hydrogen) atoms. The predicted octanol–water partition coefficient (Wildman–Crippen LogP) is 15.8. The van der Waals surface area contributed by atoms with Gasteiger partial charge >= 0.3 is 5.97 Å². The van der Waals surface area contributed by atoms with Crippen LogP contribution in [-0.2, 0) is 14.3 Å². The SMILES string of the molecule is CC/C=C/C/C=C/C/C=C/C/C=C/CCCC(CC(=O)NC(CO)C(O)CCCCCCCCCCCCCCCCCC)OC(=O)CC/C=C/C/C=C\CCCCCCCC. The normalized spacial score (nSPS) is 13.8. The largest absolute Gasteiger partial charge is 0.462 e. The molecule has 3 N–H and O–H groups in total. The van der Waals surface area contributed by atoms with Crippen LogP contribution >= 0.6 is 0 Å². The van der Waals surface area contributed by atoms with Crippen molar-refractivity contribution in [2.24, 2.45) is 0 Å². The van der Waals surface area contributed by atoms with E-state index in [0.717, 1.165) is 70.6 Å². The van der Waals surface area contributed by atoms with Crippen LogP contribution in [0.5, 0.6) is 0 Å². The average molecular weight is 866 g/mol. The molecular formula is C56H99NO5. The number of amides is 1. The van der Waals surface area contributed by atoms with E-state index in [9.17, 15) is 19.8 Å². The Bertz CT molecular complexity index is 1150. The van der Waals surface area contributed by atoms with Crippen molar-refractivity contribution in [3.05, 3.63) is 72.9 Å². The Labute approximate surface area is 383 Å². The van der Waals surface area contributed by atoms with Crippen LogP contribution in [-0.4, -0.2) is 46.9 Å². The van der Waals surface area contributed by atoms with E-state index < -0.39 is 18.2 Å². The molecule has 0 aliphatic rings. The standard InChI is InChI=1S/C56H99NO5/c1-4-7-10-13-16-19-22-25-27-28-31-33-36-39-42-45-48-54(59)53(51-58)57-55(60)50-52(47-44-41-38-35-32-30-26-23-20-17-14-11-8-5-2)62-56(61)49-46-43-40-37-34-29-24-21-18-15-12-9-6-3/h8,11,17,20,26,29-30,34-35,38,40,43,52-54,58-59H,4-7,9-10,12-16,18-19,21-25,27-28,31-33,36-37,39,41-42,44-51H2,1-3H3,(H,57,60)/b11-8+,20-17+,30-26+,34-29-,38-35+,43-40+. The zero-order chi connectivity index (χ0) is 45.2. The number of ether oxygens (including phenoxy) is 1. The summed E-state index contributed by atoms with van der Waals surface area (Å²) in [6.07, 6.45) is 62.6. The molecule has 0 aromatic heterocycles. The monoisotopic (exact) mass is 866 g/mol. The number of aliphatic hydroxyl groups excluding tert-OH is 2. The molecule has 3 unspecified atom stereocenters. The number of nitrogens with one attached hydrogen (secondary N) is 1. The van der Waals surface area contributed by atoms with Gasteiger partial charge in [0.05, 0.1) is 25.2 Å². The first-order valence-electron chi connectivity index (χ1n) is 26.2. The maximum absolute atomic E-state index is 13.2. The minimum absolute atomic E-state index is 0.0153.